The lowest BCUT2D eigenvalue weighted by Gasteiger charge is -2.07. The first-order chi connectivity index (χ1) is 9.10. The minimum Gasteiger partial charge on any atom is -0.484 e. The van der Waals surface area contributed by atoms with E-state index in [1.165, 1.54) is 13.2 Å². The summed E-state index contributed by atoms with van der Waals surface area (Å²) in [6, 6.07) is 4.63. The number of esters is 1. The molecule has 0 spiro atoms. The normalized spacial score (nSPS) is 10.3. The molecule has 1 aromatic heterocycles. The second-order valence-electron chi connectivity index (χ2n) is 3.66. The molecule has 0 saturated carbocycles. The van der Waals surface area contributed by atoms with E-state index in [0.717, 1.165) is 0 Å². The van der Waals surface area contributed by atoms with E-state index in [4.69, 9.17) is 20.9 Å². The summed E-state index contributed by atoms with van der Waals surface area (Å²) in [5, 5.41) is 4.00. The fourth-order valence-corrected chi connectivity index (χ4v) is 1.64. The molecule has 0 fully saturated rings. The molecule has 0 aliphatic carbocycles. The maximum absolute atomic E-state index is 11.3. The summed E-state index contributed by atoms with van der Waals surface area (Å²) in [5.74, 6) is 0.857. The standard InChI is InChI=1S/C12H11ClN2O4/c1-7-14-11(15-19-7)6-18-10-4-3-8(5-9(10)13)12(16)17-2/h3-5H,6H2,1-2H3. The van der Waals surface area contributed by atoms with Crippen LogP contribution >= 0.6 is 11.6 Å². The van der Waals surface area contributed by atoms with E-state index < -0.39 is 5.97 Å². The topological polar surface area (TPSA) is 74.5 Å². The quantitative estimate of drug-likeness (QED) is 0.802. The van der Waals surface area contributed by atoms with E-state index in [9.17, 15) is 4.79 Å². The number of rotatable bonds is 4. The summed E-state index contributed by atoms with van der Waals surface area (Å²) < 4.78 is 14.8. The Morgan fingerprint density at radius 2 is 2.26 bits per heavy atom. The monoisotopic (exact) mass is 282 g/mol. The van der Waals surface area contributed by atoms with Crippen LogP contribution in [-0.4, -0.2) is 23.2 Å². The number of aromatic nitrogens is 2. The van der Waals surface area contributed by atoms with Crippen LogP contribution in [0.5, 0.6) is 5.75 Å². The van der Waals surface area contributed by atoms with Gasteiger partial charge >= 0.3 is 5.97 Å². The minimum atomic E-state index is -0.456. The zero-order chi connectivity index (χ0) is 13.8. The van der Waals surface area contributed by atoms with Crippen molar-refractivity contribution in [2.24, 2.45) is 0 Å². The molecule has 0 saturated heterocycles. The van der Waals surface area contributed by atoms with E-state index in [2.05, 4.69) is 14.9 Å². The zero-order valence-electron chi connectivity index (χ0n) is 10.3. The molecule has 2 rings (SSSR count). The van der Waals surface area contributed by atoms with Crippen molar-refractivity contribution in [2.45, 2.75) is 13.5 Å². The molecule has 19 heavy (non-hydrogen) atoms. The first kappa shape index (κ1) is 13.4. The predicted molar refractivity (Wildman–Crippen MR) is 66.2 cm³/mol. The highest BCUT2D eigenvalue weighted by Gasteiger charge is 2.10. The number of hydrogen-bond acceptors (Lipinski definition) is 6. The summed E-state index contributed by atoms with van der Waals surface area (Å²) >= 11 is 6.00. The molecule has 2 aromatic rings. The lowest BCUT2D eigenvalue weighted by atomic mass is 10.2. The molecule has 1 aromatic carbocycles. The van der Waals surface area contributed by atoms with Gasteiger partial charge in [-0.15, -0.1) is 0 Å². The zero-order valence-corrected chi connectivity index (χ0v) is 11.1. The summed E-state index contributed by atoms with van der Waals surface area (Å²) in [7, 11) is 1.30. The van der Waals surface area contributed by atoms with Crippen LogP contribution in [0.4, 0.5) is 0 Å². The molecule has 0 bridgehead atoms. The third-order valence-electron chi connectivity index (χ3n) is 2.28. The average molecular weight is 283 g/mol. The molecule has 0 amide bonds. The van der Waals surface area contributed by atoms with Crippen LogP contribution in [0.1, 0.15) is 22.1 Å². The van der Waals surface area contributed by atoms with Crippen LogP contribution in [0.2, 0.25) is 5.02 Å². The van der Waals surface area contributed by atoms with Crippen LogP contribution < -0.4 is 4.74 Å². The number of carbonyl (C=O) groups is 1. The first-order valence-corrected chi connectivity index (χ1v) is 5.78. The molecule has 6 nitrogen and oxygen atoms in total. The Hall–Kier alpha value is -2.08. The van der Waals surface area contributed by atoms with Crippen LogP contribution in [0.15, 0.2) is 22.7 Å². The summed E-state index contributed by atoms with van der Waals surface area (Å²) in [5.41, 5.74) is 0.357. The van der Waals surface area contributed by atoms with E-state index in [-0.39, 0.29) is 6.61 Å². The Kier molecular flexibility index (Phi) is 4.01. The van der Waals surface area contributed by atoms with Crippen molar-refractivity contribution in [3.63, 3.8) is 0 Å². The summed E-state index contributed by atoms with van der Waals surface area (Å²) in [6.07, 6.45) is 0. The van der Waals surface area contributed by atoms with Crippen molar-refractivity contribution in [3.05, 3.63) is 40.5 Å². The fraction of sp³-hybridized carbons (Fsp3) is 0.250. The number of nitrogens with zero attached hydrogens (tertiary/aromatic N) is 2. The highest BCUT2D eigenvalue weighted by molar-refractivity contribution is 6.32. The van der Waals surface area contributed by atoms with Gasteiger partial charge in [-0.1, -0.05) is 16.8 Å². The Morgan fingerprint density at radius 1 is 1.47 bits per heavy atom. The van der Waals surface area contributed by atoms with Gasteiger partial charge in [0.2, 0.25) is 11.7 Å². The maximum atomic E-state index is 11.3. The number of hydrogen-bond donors (Lipinski definition) is 0. The number of carbonyl (C=O) groups excluding carboxylic acids is 1. The predicted octanol–water partition coefficient (Wildman–Crippen LogP) is 2.40. The van der Waals surface area contributed by atoms with Gasteiger partial charge in [-0.2, -0.15) is 4.98 Å². The largest absolute Gasteiger partial charge is 0.484 e. The number of ether oxygens (including phenoxy) is 2. The molecule has 1 heterocycles. The van der Waals surface area contributed by atoms with Crippen LogP contribution in [0, 0.1) is 6.92 Å². The second kappa shape index (κ2) is 5.71. The highest BCUT2D eigenvalue weighted by Crippen LogP contribution is 2.26. The molecule has 0 N–H and O–H groups in total. The number of aryl methyl sites for hydroxylation is 1. The van der Waals surface area contributed by atoms with Gasteiger partial charge in [0.15, 0.2) is 6.61 Å². The van der Waals surface area contributed by atoms with E-state index in [0.29, 0.717) is 28.1 Å². The van der Waals surface area contributed by atoms with Crippen LogP contribution in [0.3, 0.4) is 0 Å². The maximum Gasteiger partial charge on any atom is 0.337 e. The Balaban J connectivity index is 2.07. The third-order valence-corrected chi connectivity index (χ3v) is 2.57. The van der Waals surface area contributed by atoms with Gasteiger partial charge in [-0.3, -0.25) is 0 Å². The molecule has 0 aliphatic heterocycles. The minimum absolute atomic E-state index is 0.134. The van der Waals surface area contributed by atoms with Crippen molar-refractivity contribution >= 4 is 17.6 Å². The van der Waals surface area contributed by atoms with Crippen molar-refractivity contribution in [3.8, 4) is 5.75 Å². The van der Waals surface area contributed by atoms with Crippen molar-refractivity contribution in [1.82, 2.24) is 10.1 Å². The smallest absolute Gasteiger partial charge is 0.337 e. The van der Waals surface area contributed by atoms with Crippen molar-refractivity contribution < 1.29 is 18.8 Å². The van der Waals surface area contributed by atoms with E-state index in [1.807, 2.05) is 0 Å². The molecule has 0 aliphatic rings. The van der Waals surface area contributed by atoms with E-state index in [1.54, 1.807) is 19.1 Å². The summed E-state index contributed by atoms with van der Waals surface area (Å²) in [4.78, 5) is 15.3. The van der Waals surface area contributed by atoms with E-state index >= 15 is 0 Å². The number of benzene rings is 1. The molecule has 7 heteroatoms. The third kappa shape index (κ3) is 3.23. The Labute approximate surface area is 114 Å². The number of halogens is 1. The molecule has 100 valence electrons. The van der Waals surface area contributed by atoms with Gasteiger partial charge in [0, 0.05) is 6.92 Å². The van der Waals surface area contributed by atoms with Crippen LogP contribution in [0.25, 0.3) is 0 Å². The SMILES string of the molecule is COC(=O)c1ccc(OCc2noc(C)n2)c(Cl)c1. The summed E-state index contributed by atoms with van der Waals surface area (Å²) in [6.45, 7) is 1.82. The van der Waals surface area contributed by atoms with Gasteiger partial charge in [0.1, 0.15) is 5.75 Å². The number of methoxy groups -OCH3 is 1. The molecular weight excluding hydrogens is 272 g/mol. The Bertz CT molecular complexity index is 597. The molecule has 0 atom stereocenters. The lowest BCUT2D eigenvalue weighted by molar-refractivity contribution is 0.0600. The van der Waals surface area contributed by atoms with Gasteiger partial charge in [0.25, 0.3) is 0 Å². The molecule has 0 radical (unpaired) electrons. The second-order valence-corrected chi connectivity index (χ2v) is 4.06. The molecule has 0 unspecified atom stereocenters. The lowest BCUT2D eigenvalue weighted by Crippen LogP contribution is -2.02. The Morgan fingerprint density at radius 3 is 2.84 bits per heavy atom. The highest BCUT2D eigenvalue weighted by atomic mass is 35.5. The first-order valence-electron chi connectivity index (χ1n) is 5.40. The van der Waals surface area contributed by atoms with Crippen molar-refractivity contribution in [2.75, 3.05) is 7.11 Å². The molecular formula is C12H11ClN2O4. The van der Waals surface area contributed by atoms with Gasteiger partial charge in [-0.05, 0) is 18.2 Å². The van der Waals surface area contributed by atoms with Gasteiger partial charge in [0.05, 0.1) is 17.7 Å². The van der Waals surface area contributed by atoms with Crippen LogP contribution in [-0.2, 0) is 11.3 Å². The van der Waals surface area contributed by atoms with Crippen molar-refractivity contribution in [1.29, 1.82) is 0 Å². The fourth-order valence-electron chi connectivity index (χ4n) is 1.40. The van der Waals surface area contributed by atoms with Gasteiger partial charge in [-0.25, -0.2) is 4.79 Å². The average Bonchev–Trinajstić information content (AvgIpc) is 2.82. The van der Waals surface area contributed by atoms with Gasteiger partial charge < -0.3 is 14.0 Å².